The highest BCUT2D eigenvalue weighted by molar-refractivity contribution is 6.31. The molecular weight excluding hydrogens is 420 g/mol. The van der Waals surface area contributed by atoms with E-state index >= 15 is 0 Å². The Morgan fingerprint density at radius 3 is 2.41 bits per heavy atom. The number of ether oxygens (including phenoxy) is 1. The molecule has 0 saturated carbocycles. The topological polar surface area (TPSA) is 52.0 Å². The number of halogens is 1. The smallest absolute Gasteiger partial charge is 0.150 e. The number of methoxy groups -OCH3 is 1. The van der Waals surface area contributed by atoms with Crippen molar-refractivity contribution in [3.05, 3.63) is 102 Å². The van der Waals surface area contributed by atoms with Crippen molar-refractivity contribution in [2.24, 2.45) is 0 Å². The summed E-state index contributed by atoms with van der Waals surface area (Å²) >= 11 is 6.36. The largest absolute Gasteiger partial charge is 0.497 e. The Bertz CT molecular complexity index is 1360. The number of hydrogen-bond acceptors (Lipinski definition) is 4. The minimum Gasteiger partial charge on any atom is -0.497 e. The molecule has 0 amide bonds. The lowest BCUT2D eigenvalue weighted by atomic mass is 10.1. The molecule has 0 unspecified atom stereocenters. The van der Waals surface area contributed by atoms with E-state index in [1.165, 1.54) is 0 Å². The lowest BCUT2D eigenvalue weighted by Gasteiger charge is -2.10. The van der Waals surface area contributed by atoms with Crippen LogP contribution in [0.2, 0.25) is 5.02 Å². The summed E-state index contributed by atoms with van der Waals surface area (Å²) in [5.41, 5.74) is 4.98. The van der Waals surface area contributed by atoms with E-state index < -0.39 is 0 Å². The number of nitrogens with zero attached hydrogens (tertiary/aromatic N) is 3. The van der Waals surface area contributed by atoms with Crippen molar-refractivity contribution in [3.8, 4) is 22.6 Å². The van der Waals surface area contributed by atoms with Crippen molar-refractivity contribution in [1.82, 2.24) is 14.5 Å². The van der Waals surface area contributed by atoms with Gasteiger partial charge < -0.3 is 14.6 Å². The van der Waals surface area contributed by atoms with Crippen LogP contribution in [0, 0.1) is 0 Å². The van der Waals surface area contributed by atoms with Crippen LogP contribution < -0.4 is 10.1 Å². The second-order valence-corrected chi connectivity index (χ2v) is 7.75. The van der Waals surface area contributed by atoms with E-state index in [1.807, 2.05) is 66.7 Å². The normalized spacial score (nSPS) is 10.9. The summed E-state index contributed by atoms with van der Waals surface area (Å²) < 4.78 is 7.40. The van der Waals surface area contributed by atoms with E-state index in [9.17, 15) is 0 Å². The summed E-state index contributed by atoms with van der Waals surface area (Å²) in [6.07, 6.45) is 3.70. The van der Waals surface area contributed by atoms with Gasteiger partial charge in [-0.25, -0.2) is 9.97 Å². The second-order valence-electron chi connectivity index (χ2n) is 7.34. The molecule has 3 aromatic carbocycles. The summed E-state index contributed by atoms with van der Waals surface area (Å²) in [6, 6.07) is 26.0. The number of rotatable bonds is 6. The summed E-state index contributed by atoms with van der Waals surface area (Å²) in [6.45, 7) is 0.563. The molecule has 0 spiro atoms. The van der Waals surface area contributed by atoms with Crippen molar-refractivity contribution in [3.63, 3.8) is 0 Å². The zero-order valence-electron chi connectivity index (χ0n) is 17.5. The van der Waals surface area contributed by atoms with Gasteiger partial charge in [-0.15, -0.1) is 0 Å². The van der Waals surface area contributed by atoms with E-state index in [0.29, 0.717) is 6.54 Å². The first-order valence-electron chi connectivity index (χ1n) is 10.3. The number of hydrogen-bond donors (Lipinski definition) is 1. The van der Waals surface area contributed by atoms with Gasteiger partial charge in [0.05, 0.1) is 12.5 Å². The summed E-state index contributed by atoms with van der Waals surface area (Å²) in [4.78, 5) is 9.21. The van der Waals surface area contributed by atoms with Crippen LogP contribution in [0.25, 0.3) is 27.8 Å². The van der Waals surface area contributed by atoms with Crippen LogP contribution in [0.5, 0.6) is 5.75 Å². The Kier molecular flexibility index (Phi) is 5.48. The third-order valence-corrected chi connectivity index (χ3v) is 5.79. The van der Waals surface area contributed by atoms with Crippen LogP contribution in [0.15, 0.2) is 91.4 Å². The van der Waals surface area contributed by atoms with Crippen molar-refractivity contribution in [2.75, 3.05) is 12.4 Å². The maximum atomic E-state index is 6.36. The van der Waals surface area contributed by atoms with Gasteiger partial charge in [-0.3, -0.25) is 0 Å². The monoisotopic (exact) mass is 440 g/mol. The van der Waals surface area contributed by atoms with Gasteiger partial charge in [0.15, 0.2) is 5.65 Å². The molecular formula is C26H21ClN4O. The molecule has 0 aliphatic heterocycles. The summed E-state index contributed by atoms with van der Waals surface area (Å²) in [5.74, 6) is 1.58. The SMILES string of the molecule is COc1ccc(-n2cc(-c3ccccc3)c3c(NCc4ccccc4Cl)ncnc32)cc1. The van der Waals surface area contributed by atoms with E-state index in [2.05, 4.69) is 38.2 Å². The number of benzene rings is 3. The van der Waals surface area contributed by atoms with Gasteiger partial charge in [-0.05, 0) is 41.5 Å². The van der Waals surface area contributed by atoms with Gasteiger partial charge >= 0.3 is 0 Å². The quantitative estimate of drug-likeness (QED) is 0.333. The van der Waals surface area contributed by atoms with E-state index in [0.717, 1.165) is 50.0 Å². The molecule has 0 saturated heterocycles. The Morgan fingerprint density at radius 2 is 1.66 bits per heavy atom. The van der Waals surface area contributed by atoms with E-state index in [1.54, 1.807) is 13.4 Å². The number of anilines is 1. The number of fused-ring (bicyclic) bond motifs is 1. The highest BCUT2D eigenvalue weighted by Gasteiger charge is 2.17. The van der Waals surface area contributed by atoms with Crippen molar-refractivity contribution in [2.45, 2.75) is 6.54 Å². The molecule has 0 bridgehead atoms. The first-order valence-corrected chi connectivity index (χ1v) is 10.7. The average Bonchev–Trinajstić information content (AvgIpc) is 3.24. The molecule has 6 heteroatoms. The predicted molar refractivity (Wildman–Crippen MR) is 130 cm³/mol. The van der Waals surface area contributed by atoms with Gasteiger partial charge in [0, 0.05) is 29.0 Å². The van der Waals surface area contributed by atoms with Crippen molar-refractivity contribution < 1.29 is 4.74 Å². The molecule has 2 aromatic heterocycles. The second kappa shape index (κ2) is 8.73. The van der Waals surface area contributed by atoms with Crippen LogP contribution in [-0.2, 0) is 6.54 Å². The van der Waals surface area contributed by atoms with Crippen LogP contribution in [0.1, 0.15) is 5.56 Å². The minimum atomic E-state index is 0.563. The fourth-order valence-corrected chi connectivity index (χ4v) is 4.00. The average molecular weight is 441 g/mol. The first kappa shape index (κ1) is 20.1. The molecule has 32 heavy (non-hydrogen) atoms. The van der Waals surface area contributed by atoms with E-state index in [4.69, 9.17) is 16.3 Å². The zero-order chi connectivity index (χ0) is 21.9. The third kappa shape index (κ3) is 3.79. The molecule has 0 aliphatic carbocycles. The molecule has 0 aliphatic rings. The fraction of sp³-hybridized carbons (Fsp3) is 0.0769. The van der Waals surface area contributed by atoms with Crippen LogP contribution in [0.4, 0.5) is 5.82 Å². The number of aromatic nitrogens is 3. The maximum Gasteiger partial charge on any atom is 0.150 e. The van der Waals surface area contributed by atoms with Crippen LogP contribution in [0.3, 0.4) is 0 Å². The molecule has 0 fully saturated rings. The van der Waals surface area contributed by atoms with Gasteiger partial charge in [0.1, 0.15) is 17.9 Å². The van der Waals surface area contributed by atoms with Gasteiger partial charge in [0.25, 0.3) is 0 Å². The Labute approximate surface area is 191 Å². The molecule has 1 N–H and O–H groups in total. The Morgan fingerprint density at radius 1 is 0.906 bits per heavy atom. The lowest BCUT2D eigenvalue weighted by Crippen LogP contribution is -2.03. The molecule has 0 atom stereocenters. The predicted octanol–water partition coefficient (Wildman–Crippen LogP) is 6.36. The van der Waals surface area contributed by atoms with Crippen LogP contribution >= 0.6 is 11.6 Å². The highest BCUT2D eigenvalue weighted by atomic mass is 35.5. The molecule has 5 aromatic rings. The number of nitrogens with one attached hydrogen (secondary N) is 1. The molecule has 5 rings (SSSR count). The summed E-state index contributed by atoms with van der Waals surface area (Å²) in [7, 11) is 1.66. The van der Waals surface area contributed by atoms with E-state index in [-0.39, 0.29) is 0 Å². The van der Waals surface area contributed by atoms with Crippen molar-refractivity contribution in [1.29, 1.82) is 0 Å². The third-order valence-electron chi connectivity index (χ3n) is 5.42. The van der Waals surface area contributed by atoms with Gasteiger partial charge in [-0.1, -0.05) is 60.1 Å². The standard InChI is InChI=1S/C26H21ClN4O/c1-32-21-13-11-20(12-14-21)31-16-22(18-7-3-2-4-8-18)24-25(29-17-30-26(24)31)28-15-19-9-5-6-10-23(19)27/h2-14,16-17H,15H2,1H3,(H,28,29,30). The van der Waals surface area contributed by atoms with Gasteiger partial charge in [0.2, 0.25) is 0 Å². The molecule has 5 nitrogen and oxygen atoms in total. The Hall–Kier alpha value is -3.83. The zero-order valence-corrected chi connectivity index (χ0v) is 18.3. The fourth-order valence-electron chi connectivity index (χ4n) is 3.79. The minimum absolute atomic E-state index is 0.563. The maximum absolute atomic E-state index is 6.36. The molecule has 2 heterocycles. The highest BCUT2D eigenvalue weighted by Crippen LogP contribution is 2.35. The lowest BCUT2D eigenvalue weighted by molar-refractivity contribution is 0.415. The first-order chi connectivity index (χ1) is 15.7. The van der Waals surface area contributed by atoms with Crippen LogP contribution in [-0.4, -0.2) is 21.6 Å². The summed E-state index contributed by atoms with van der Waals surface area (Å²) in [5, 5.41) is 5.16. The van der Waals surface area contributed by atoms with Crippen molar-refractivity contribution >= 4 is 28.5 Å². The molecule has 158 valence electrons. The van der Waals surface area contributed by atoms with Gasteiger partial charge in [-0.2, -0.15) is 0 Å². The Balaban J connectivity index is 1.65. The molecule has 0 radical (unpaired) electrons.